The highest BCUT2D eigenvalue weighted by Gasteiger charge is 2.20. The number of nitrogens with one attached hydrogen (secondary N) is 1. The van der Waals surface area contributed by atoms with Gasteiger partial charge in [0.1, 0.15) is 11.9 Å². The highest BCUT2D eigenvalue weighted by Crippen LogP contribution is 2.26. The molecule has 0 aliphatic heterocycles. The zero-order valence-electron chi connectivity index (χ0n) is 14.9. The SMILES string of the molecule is C[C@@H]([NH2+]CC(=O)N[C@@H](c1ccc(F)cc1)c1cccs1)c1ccccc1Cl. The number of amides is 1. The second-order valence-electron chi connectivity index (χ2n) is 6.32. The molecule has 3 aromatic rings. The lowest BCUT2D eigenvalue weighted by Gasteiger charge is -2.19. The van der Waals surface area contributed by atoms with Crippen molar-refractivity contribution >= 4 is 28.8 Å². The van der Waals surface area contributed by atoms with Gasteiger partial charge < -0.3 is 10.6 Å². The van der Waals surface area contributed by atoms with Gasteiger partial charge in [0.25, 0.3) is 5.91 Å². The first kappa shape index (κ1) is 19.5. The van der Waals surface area contributed by atoms with E-state index in [2.05, 4.69) is 5.32 Å². The average Bonchev–Trinajstić information content (AvgIpc) is 3.20. The van der Waals surface area contributed by atoms with E-state index in [-0.39, 0.29) is 30.4 Å². The van der Waals surface area contributed by atoms with Gasteiger partial charge in [-0.1, -0.05) is 48.0 Å². The van der Waals surface area contributed by atoms with Crippen molar-refractivity contribution in [3.05, 3.63) is 92.9 Å². The van der Waals surface area contributed by atoms with Crippen LogP contribution in [0.1, 0.15) is 35.0 Å². The molecule has 140 valence electrons. The van der Waals surface area contributed by atoms with Crippen molar-refractivity contribution in [3.63, 3.8) is 0 Å². The minimum absolute atomic E-state index is 0.0652. The largest absolute Gasteiger partial charge is 0.339 e. The van der Waals surface area contributed by atoms with Crippen LogP contribution in [0.4, 0.5) is 4.39 Å². The van der Waals surface area contributed by atoms with E-state index in [1.807, 2.05) is 54.0 Å². The minimum atomic E-state index is -0.295. The summed E-state index contributed by atoms with van der Waals surface area (Å²) in [6.07, 6.45) is 0. The molecular weight excluding hydrogens is 383 g/mol. The third-order valence-electron chi connectivity index (χ3n) is 4.39. The van der Waals surface area contributed by atoms with Crippen LogP contribution in [0.3, 0.4) is 0 Å². The Morgan fingerprint density at radius 2 is 1.89 bits per heavy atom. The molecule has 1 heterocycles. The molecule has 27 heavy (non-hydrogen) atoms. The van der Waals surface area contributed by atoms with E-state index >= 15 is 0 Å². The van der Waals surface area contributed by atoms with Crippen molar-refractivity contribution in [2.75, 3.05) is 6.54 Å². The number of quaternary nitrogens is 1. The molecule has 0 aliphatic carbocycles. The molecule has 3 nitrogen and oxygen atoms in total. The van der Waals surface area contributed by atoms with Crippen LogP contribution in [0.2, 0.25) is 5.02 Å². The molecule has 2 aromatic carbocycles. The zero-order valence-corrected chi connectivity index (χ0v) is 16.4. The topological polar surface area (TPSA) is 45.7 Å². The summed E-state index contributed by atoms with van der Waals surface area (Å²) in [5.74, 6) is -0.381. The standard InChI is InChI=1S/C21H20ClFN2OS/c1-14(17-5-2-3-6-18(17)22)24-13-20(26)25-21(19-7-4-12-27-19)15-8-10-16(23)11-9-15/h2-12,14,21,24H,13H2,1H3,(H,25,26)/p+1/t14-,21+/m1/s1. The first-order valence-corrected chi connectivity index (χ1v) is 9.96. The van der Waals surface area contributed by atoms with E-state index in [1.165, 1.54) is 12.1 Å². The lowest BCUT2D eigenvalue weighted by Crippen LogP contribution is -2.87. The molecule has 1 amide bonds. The van der Waals surface area contributed by atoms with Crippen molar-refractivity contribution < 1.29 is 14.5 Å². The van der Waals surface area contributed by atoms with Gasteiger partial charge in [0.15, 0.2) is 6.54 Å². The Morgan fingerprint density at radius 3 is 2.56 bits per heavy atom. The number of rotatable bonds is 7. The van der Waals surface area contributed by atoms with Crippen LogP contribution in [0.15, 0.2) is 66.0 Å². The molecule has 1 aromatic heterocycles. The number of carbonyl (C=O) groups excluding carboxylic acids is 1. The highest BCUT2D eigenvalue weighted by atomic mass is 35.5. The molecule has 3 N–H and O–H groups in total. The van der Waals surface area contributed by atoms with Crippen LogP contribution >= 0.6 is 22.9 Å². The van der Waals surface area contributed by atoms with Gasteiger partial charge in [-0.15, -0.1) is 11.3 Å². The fourth-order valence-electron chi connectivity index (χ4n) is 2.90. The van der Waals surface area contributed by atoms with Gasteiger partial charge in [-0.2, -0.15) is 0 Å². The van der Waals surface area contributed by atoms with Gasteiger partial charge in [-0.05, 0) is 42.1 Å². The first-order chi connectivity index (χ1) is 13.0. The number of benzene rings is 2. The summed E-state index contributed by atoms with van der Waals surface area (Å²) >= 11 is 7.79. The van der Waals surface area contributed by atoms with Crippen molar-refractivity contribution in [1.82, 2.24) is 5.32 Å². The predicted molar refractivity (Wildman–Crippen MR) is 107 cm³/mol. The fourth-order valence-corrected chi connectivity index (χ4v) is 4.01. The maximum absolute atomic E-state index is 13.3. The molecule has 0 saturated heterocycles. The summed E-state index contributed by atoms with van der Waals surface area (Å²) in [6.45, 7) is 2.29. The van der Waals surface area contributed by atoms with E-state index in [0.29, 0.717) is 5.02 Å². The van der Waals surface area contributed by atoms with Crippen LogP contribution in [0.25, 0.3) is 0 Å². The Hall–Kier alpha value is -2.21. The van der Waals surface area contributed by atoms with Crippen LogP contribution in [0.5, 0.6) is 0 Å². The first-order valence-electron chi connectivity index (χ1n) is 8.70. The molecular formula is C21H21ClFN2OS+. The third kappa shape index (κ3) is 5.16. The molecule has 0 saturated carbocycles. The Kier molecular flexibility index (Phi) is 6.61. The van der Waals surface area contributed by atoms with Gasteiger partial charge in [-0.25, -0.2) is 4.39 Å². The number of nitrogens with two attached hydrogens (primary N) is 1. The number of hydrogen-bond acceptors (Lipinski definition) is 2. The Labute approximate surface area is 167 Å². The Bertz CT molecular complexity index is 883. The molecule has 0 aliphatic rings. The minimum Gasteiger partial charge on any atom is -0.339 e. The van der Waals surface area contributed by atoms with Gasteiger partial charge in [0.2, 0.25) is 0 Å². The molecule has 6 heteroatoms. The maximum atomic E-state index is 13.3. The van der Waals surface area contributed by atoms with Gasteiger partial charge in [-0.3, -0.25) is 4.79 Å². The monoisotopic (exact) mass is 403 g/mol. The van der Waals surface area contributed by atoms with E-state index in [9.17, 15) is 9.18 Å². The summed E-state index contributed by atoms with van der Waals surface area (Å²) in [6, 6.07) is 17.6. The second kappa shape index (κ2) is 9.13. The lowest BCUT2D eigenvalue weighted by atomic mass is 10.1. The fraction of sp³-hybridized carbons (Fsp3) is 0.190. The van der Waals surface area contributed by atoms with Gasteiger partial charge in [0, 0.05) is 15.5 Å². The Morgan fingerprint density at radius 1 is 1.15 bits per heavy atom. The molecule has 0 radical (unpaired) electrons. The normalized spacial score (nSPS) is 13.1. The predicted octanol–water partition coefficient (Wildman–Crippen LogP) is 4.07. The van der Waals surface area contributed by atoms with E-state index in [0.717, 1.165) is 16.0 Å². The summed E-state index contributed by atoms with van der Waals surface area (Å²) in [4.78, 5) is 13.6. The second-order valence-corrected chi connectivity index (χ2v) is 7.70. The summed E-state index contributed by atoms with van der Waals surface area (Å²) in [7, 11) is 0. The average molecular weight is 404 g/mol. The van der Waals surface area contributed by atoms with Crippen molar-refractivity contribution in [2.24, 2.45) is 0 Å². The van der Waals surface area contributed by atoms with Crippen molar-refractivity contribution in [3.8, 4) is 0 Å². The van der Waals surface area contributed by atoms with Gasteiger partial charge >= 0.3 is 0 Å². The third-order valence-corrected chi connectivity index (χ3v) is 5.67. The zero-order chi connectivity index (χ0) is 19.2. The number of halogens is 2. The summed E-state index contributed by atoms with van der Waals surface area (Å²) in [5, 5.41) is 7.67. The molecule has 3 rings (SSSR count). The van der Waals surface area contributed by atoms with Gasteiger partial charge in [0.05, 0.1) is 6.04 Å². The van der Waals surface area contributed by atoms with Crippen LogP contribution < -0.4 is 10.6 Å². The summed E-state index contributed by atoms with van der Waals surface area (Å²) < 4.78 is 13.3. The van der Waals surface area contributed by atoms with Crippen molar-refractivity contribution in [1.29, 1.82) is 0 Å². The maximum Gasteiger partial charge on any atom is 0.275 e. The summed E-state index contributed by atoms with van der Waals surface area (Å²) in [5.41, 5.74) is 1.85. The lowest BCUT2D eigenvalue weighted by molar-refractivity contribution is -0.682. The molecule has 0 spiro atoms. The quantitative estimate of drug-likeness (QED) is 0.613. The molecule has 0 unspecified atom stereocenters. The van der Waals surface area contributed by atoms with Crippen molar-refractivity contribution in [2.45, 2.75) is 19.0 Å². The van der Waals surface area contributed by atoms with E-state index in [4.69, 9.17) is 11.6 Å². The van der Waals surface area contributed by atoms with E-state index < -0.39 is 0 Å². The van der Waals surface area contributed by atoms with Crippen LogP contribution in [-0.2, 0) is 4.79 Å². The molecule has 2 atom stereocenters. The van der Waals surface area contributed by atoms with E-state index in [1.54, 1.807) is 23.5 Å². The molecule has 0 bridgehead atoms. The Balaban J connectivity index is 1.66. The smallest absolute Gasteiger partial charge is 0.275 e. The number of thiophene rings is 1. The number of hydrogen-bond donors (Lipinski definition) is 2. The van der Waals surface area contributed by atoms with Crippen LogP contribution in [-0.4, -0.2) is 12.5 Å². The highest BCUT2D eigenvalue weighted by molar-refractivity contribution is 7.10. The number of carbonyl (C=O) groups is 1. The molecule has 0 fully saturated rings. The van der Waals surface area contributed by atoms with Crippen LogP contribution in [0, 0.1) is 5.82 Å².